The van der Waals surface area contributed by atoms with Gasteiger partial charge in [0.05, 0.1) is 12.7 Å². The molecule has 0 N–H and O–H groups in total. The Morgan fingerprint density at radius 2 is 2.00 bits per heavy atom. The van der Waals surface area contributed by atoms with Crippen molar-refractivity contribution in [2.24, 2.45) is 0 Å². The van der Waals surface area contributed by atoms with Crippen LogP contribution in [0.2, 0.25) is 0 Å². The van der Waals surface area contributed by atoms with Crippen molar-refractivity contribution in [1.29, 1.82) is 0 Å². The number of hydrogen-bond donors (Lipinski definition) is 0. The lowest BCUT2D eigenvalue weighted by Crippen LogP contribution is -2.00. The van der Waals surface area contributed by atoms with Crippen molar-refractivity contribution in [2.45, 2.75) is 50.8 Å². The standard InChI is InChI=1S/C10H18BrFO/c11-7-9(12)5-3-1-2-4-6-10-8-13-10/h9-10H,1-8H2. The number of rotatable bonds is 8. The molecule has 0 spiro atoms. The van der Waals surface area contributed by atoms with Gasteiger partial charge in [-0.25, -0.2) is 4.39 Å². The summed E-state index contributed by atoms with van der Waals surface area (Å²) in [6.07, 6.45) is 6.51. The van der Waals surface area contributed by atoms with Crippen molar-refractivity contribution in [3.63, 3.8) is 0 Å². The van der Waals surface area contributed by atoms with Gasteiger partial charge >= 0.3 is 0 Å². The molecule has 1 nitrogen and oxygen atoms in total. The zero-order valence-corrected chi connectivity index (χ0v) is 9.56. The Kier molecular flexibility index (Phi) is 5.96. The average molecular weight is 253 g/mol. The average Bonchev–Trinajstić information content (AvgIpc) is 2.94. The zero-order valence-electron chi connectivity index (χ0n) is 7.98. The molecule has 2 atom stereocenters. The van der Waals surface area contributed by atoms with Crippen LogP contribution in [-0.2, 0) is 4.74 Å². The van der Waals surface area contributed by atoms with Gasteiger partial charge in [-0.3, -0.25) is 0 Å². The van der Waals surface area contributed by atoms with Gasteiger partial charge in [0, 0.05) is 5.33 Å². The molecule has 0 amide bonds. The van der Waals surface area contributed by atoms with Crippen molar-refractivity contribution < 1.29 is 9.13 Å². The van der Waals surface area contributed by atoms with E-state index in [1.165, 1.54) is 25.7 Å². The Bertz CT molecular complexity index is 128. The second kappa shape index (κ2) is 6.77. The van der Waals surface area contributed by atoms with E-state index in [4.69, 9.17) is 4.74 Å². The Labute approximate surface area is 88.2 Å². The minimum absolute atomic E-state index is 0.489. The second-order valence-electron chi connectivity index (χ2n) is 3.70. The summed E-state index contributed by atoms with van der Waals surface area (Å²) in [6.45, 7) is 0.968. The second-order valence-corrected chi connectivity index (χ2v) is 4.35. The number of ether oxygens (including phenoxy) is 1. The molecule has 1 rings (SSSR count). The van der Waals surface area contributed by atoms with E-state index in [1.54, 1.807) is 0 Å². The van der Waals surface area contributed by atoms with Crippen molar-refractivity contribution in [2.75, 3.05) is 11.9 Å². The number of hydrogen-bond acceptors (Lipinski definition) is 1. The van der Waals surface area contributed by atoms with Crippen LogP contribution in [0.15, 0.2) is 0 Å². The molecular formula is C10H18BrFO. The van der Waals surface area contributed by atoms with Gasteiger partial charge < -0.3 is 4.74 Å². The molecule has 1 aliphatic rings. The van der Waals surface area contributed by atoms with E-state index >= 15 is 0 Å². The highest BCUT2D eigenvalue weighted by Gasteiger charge is 2.20. The van der Waals surface area contributed by atoms with Crippen LogP contribution in [0, 0.1) is 0 Å². The van der Waals surface area contributed by atoms with E-state index in [-0.39, 0.29) is 0 Å². The molecule has 1 saturated heterocycles. The van der Waals surface area contributed by atoms with Crippen LogP contribution < -0.4 is 0 Å². The minimum atomic E-state index is -0.647. The fourth-order valence-electron chi connectivity index (χ4n) is 1.40. The van der Waals surface area contributed by atoms with Gasteiger partial charge in [-0.2, -0.15) is 0 Å². The van der Waals surface area contributed by atoms with Crippen LogP contribution in [-0.4, -0.2) is 24.2 Å². The smallest absolute Gasteiger partial charge is 0.110 e. The van der Waals surface area contributed by atoms with Crippen molar-refractivity contribution in [3.8, 4) is 0 Å². The maximum absolute atomic E-state index is 12.7. The normalized spacial score (nSPS) is 23.1. The van der Waals surface area contributed by atoms with E-state index in [2.05, 4.69) is 15.9 Å². The first-order valence-electron chi connectivity index (χ1n) is 5.14. The van der Waals surface area contributed by atoms with Crippen LogP contribution in [0.3, 0.4) is 0 Å². The van der Waals surface area contributed by atoms with E-state index < -0.39 is 6.17 Å². The Hall–Kier alpha value is 0.370. The summed E-state index contributed by atoms with van der Waals surface area (Å²) in [7, 11) is 0. The number of epoxide rings is 1. The van der Waals surface area contributed by atoms with Gasteiger partial charge in [-0.1, -0.05) is 41.6 Å². The van der Waals surface area contributed by atoms with Crippen molar-refractivity contribution in [1.82, 2.24) is 0 Å². The Morgan fingerprint density at radius 3 is 2.62 bits per heavy atom. The van der Waals surface area contributed by atoms with Gasteiger partial charge in [0.15, 0.2) is 0 Å². The van der Waals surface area contributed by atoms with Crippen LogP contribution in [0.4, 0.5) is 4.39 Å². The van der Waals surface area contributed by atoms with Crippen LogP contribution in [0.5, 0.6) is 0 Å². The molecule has 2 unspecified atom stereocenters. The molecule has 0 radical (unpaired) electrons. The summed E-state index contributed by atoms with van der Waals surface area (Å²) >= 11 is 3.13. The van der Waals surface area contributed by atoms with Gasteiger partial charge in [0.2, 0.25) is 0 Å². The molecule has 0 aromatic rings. The lowest BCUT2D eigenvalue weighted by atomic mass is 10.1. The summed E-state index contributed by atoms with van der Waals surface area (Å²) in [4.78, 5) is 0. The molecule has 1 aliphatic heterocycles. The highest BCUT2D eigenvalue weighted by Crippen LogP contribution is 2.18. The molecule has 78 valence electrons. The molecule has 13 heavy (non-hydrogen) atoms. The summed E-state index contributed by atoms with van der Waals surface area (Å²) in [5, 5.41) is 0.489. The summed E-state index contributed by atoms with van der Waals surface area (Å²) in [5.41, 5.74) is 0. The molecule has 3 heteroatoms. The van der Waals surface area contributed by atoms with Crippen LogP contribution >= 0.6 is 15.9 Å². The summed E-state index contributed by atoms with van der Waals surface area (Å²) in [6, 6.07) is 0. The Balaban J connectivity index is 1.72. The number of alkyl halides is 2. The lowest BCUT2D eigenvalue weighted by Gasteiger charge is -2.03. The molecule has 1 heterocycles. The topological polar surface area (TPSA) is 12.5 Å². The molecular weight excluding hydrogens is 235 g/mol. The molecule has 0 aromatic heterocycles. The first kappa shape index (κ1) is 11.4. The van der Waals surface area contributed by atoms with Gasteiger partial charge in [0.1, 0.15) is 6.17 Å². The SMILES string of the molecule is FC(CBr)CCCCCCC1CO1. The van der Waals surface area contributed by atoms with E-state index in [1.807, 2.05) is 0 Å². The number of unbranched alkanes of at least 4 members (excludes halogenated alkanes) is 3. The fraction of sp³-hybridized carbons (Fsp3) is 1.00. The molecule has 0 aromatic carbocycles. The van der Waals surface area contributed by atoms with Crippen LogP contribution in [0.25, 0.3) is 0 Å². The minimum Gasteiger partial charge on any atom is -0.373 e. The largest absolute Gasteiger partial charge is 0.373 e. The maximum atomic E-state index is 12.7. The third-order valence-corrected chi connectivity index (χ3v) is 3.07. The number of halogens is 2. The van der Waals surface area contributed by atoms with Gasteiger partial charge in [-0.15, -0.1) is 0 Å². The predicted octanol–water partition coefficient (Wildman–Crippen LogP) is 3.46. The van der Waals surface area contributed by atoms with E-state index in [0.717, 1.165) is 13.0 Å². The molecule has 0 bridgehead atoms. The predicted molar refractivity (Wildman–Crippen MR) is 56.1 cm³/mol. The van der Waals surface area contributed by atoms with Crippen molar-refractivity contribution in [3.05, 3.63) is 0 Å². The van der Waals surface area contributed by atoms with Crippen molar-refractivity contribution >= 4 is 15.9 Å². The third-order valence-electron chi connectivity index (χ3n) is 2.36. The lowest BCUT2D eigenvalue weighted by molar-refractivity contribution is 0.335. The van der Waals surface area contributed by atoms with Gasteiger partial charge in [0.25, 0.3) is 0 Å². The highest BCUT2D eigenvalue weighted by molar-refractivity contribution is 9.09. The molecule has 1 fully saturated rings. The van der Waals surface area contributed by atoms with Gasteiger partial charge in [-0.05, 0) is 12.8 Å². The fourth-order valence-corrected chi connectivity index (χ4v) is 1.73. The summed E-state index contributed by atoms with van der Waals surface area (Å²) in [5.74, 6) is 0. The molecule has 0 saturated carbocycles. The monoisotopic (exact) mass is 252 g/mol. The van der Waals surface area contributed by atoms with E-state index in [9.17, 15) is 4.39 Å². The zero-order chi connectivity index (χ0) is 9.52. The Morgan fingerprint density at radius 1 is 1.31 bits per heavy atom. The summed E-state index contributed by atoms with van der Waals surface area (Å²) < 4.78 is 17.8. The van der Waals surface area contributed by atoms with Crippen LogP contribution in [0.1, 0.15) is 38.5 Å². The highest BCUT2D eigenvalue weighted by atomic mass is 79.9. The van der Waals surface area contributed by atoms with E-state index in [0.29, 0.717) is 17.9 Å². The third kappa shape index (κ3) is 6.44. The quantitative estimate of drug-likeness (QED) is 0.366. The molecule has 0 aliphatic carbocycles. The first-order chi connectivity index (χ1) is 6.33. The maximum Gasteiger partial charge on any atom is 0.110 e. The first-order valence-corrected chi connectivity index (χ1v) is 6.26.